The van der Waals surface area contributed by atoms with E-state index in [1.165, 1.54) is 56.4 Å². The van der Waals surface area contributed by atoms with Crippen molar-refractivity contribution in [2.45, 2.75) is 45.1 Å². The number of anilines is 1. The number of hydrogen-bond acceptors (Lipinski definition) is 2. The van der Waals surface area contributed by atoms with Crippen molar-refractivity contribution in [3.63, 3.8) is 0 Å². The monoisotopic (exact) mass is 258 g/mol. The number of likely N-dealkylation sites (tertiary alicyclic amines) is 1. The summed E-state index contributed by atoms with van der Waals surface area (Å²) in [6, 6.07) is 9.47. The van der Waals surface area contributed by atoms with Crippen LogP contribution in [0, 0.1) is 12.8 Å². The van der Waals surface area contributed by atoms with Crippen LogP contribution < -0.4 is 5.32 Å². The van der Waals surface area contributed by atoms with Crippen LogP contribution in [-0.2, 0) is 0 Å². The molecule has 0 bridgehead atoms. The Labute approximate surface area is 117 Å². The van der Waals surface area contributed by atoms with Crippen molar-refractivity contribution in [1.29, 1.82) is 0 Å². The fourth-order valence-electron chi connectivity index (χ4n) is 3.89. The predicted molar refractivity (Wildman–Crippen MR) is 81.6 cm³/mol. The molecule has 1 N–H and O–H groups in total. The Morgan fingerprint density at radius 2 is 2.00 bits per heavy atom. The van der Waals surface area contributed by atoms with Crippen molar-refractivity contribution < 1.29 is 0 Å². The van der Waals surface area contributed by atoms with E-state index in [-0.39, 0.29) is 0 Å². The highest BCUT2D eigenvalue weighted by molar-refractivity contribution is 5.50. The molecule has 0 radical (unpaired) electrons. The number of hydrogen-bond donors (Lipinski definition) is 1. The topological polar surface area (TPSA) is 15.3 Å². The minimum atomic E-state index is 0.896. The number of fused-ring (bicyclic) bond motifs is 1. The molecule has 1 aliphatic carbocycles. The maximum atomic E-state index is 3.59. The zero-order chi connectivity index (χ0) is 13.1. The van der Waals surface area contributed by atoms with E-state index in [0.717, 1.165) is 18.5 Å². The van der Waals surface area contributed by atoms with Gasteiger partial charge in [-0.3, -0.25) is 4.90 Å². The molecule has 2 aliphatic rings. The van der Waals surface area contributed by atoms with E-state index in [1.807, 2.05) is 0 Å². The highest BCUT2D eigenvalue weighted by Crippen LogP contribution is 2.35. The molecule has 1 saturated heterocycles. The number of aryl methyl sites for hydroxylation is 1. The molecule has 0 amide bonds. The summed E-state index contributed by atoms with van der Waals surface area (Å²) < 4.78 is 0. The minimum Gasteiger partial charge on any atom is -0.384 e. The number of nitrogens with one attached hydrogen (secondary N) is 1. The molecule has 1 aromatic rings. The first-order chi connectivity index (χ1) is 9.34. The second-order valence-electron chi connectivity index (χ2n) is 6.18. The average Bonchev–Trinajstić information content (AvgIpc) is 2.85. The fourth-order valence-corrected chi connectivity index (χ4v) is 3.89. The lowest BCUT2D eigenvalue weighted by atomic mass is 9.85. The molecule has 2 fully saturated rings. The van der Waals surface area contributed by atoms with Crippen molar-refractivity contribution in [3.05, 3.63) is 29.8 Å². The largest absolute Gasteiger partial charge is 0.384 e. The van der Waals surface area contributed by atoms with Gasteiger partial charge in [0.2, 0.25) is 0 Å². The molecule has 1 aliphatic heterocycles. The third-order valence-electron chi connectivity index (χ3n) is 4.98. The van der Waals surface area contributed by atoms with E-state index in [9.17, 15) is 0 Å². The van der Waals surface area contributed by atoms with Gasteiger partial charge < -0.3 is 5.32 Å². The van der Waals surface area contributed by atoms with Crippen molar-refractivity contribution in [1.82, 2.24) is 4.90 Å². The van der Waals surface area contributed by atoms with Gasteiger partial charge in [-0.2, -0.15) is 0 Å². The van der Waals surface area contributed by atoms with Crippen LogP contribution in [0.15, 0.2) is 24.3 Å². The van der Waals surface area contributed by atoms with Gasteiger partial charge >= 0.3 is 0 Å². The summed E-state index contributed by atoms with van der Waals surface area (Å²) in [6.07, 6.45) is 7.27. The van der Waals surface area contributed by atoms with Crippen LogP contribution in [-0.4, -0.2) is 30.6 Å². The Kier molecular flexibility index (Phi) is 4.07. The van der Waals surface area contributed by atoms with Gasteiger partial charge in [0, 0.05) is 24.8 Å². The van der Waals surface area contributed by atoms with Crippen LogP contribution in [0.4, 0.5) is 5.69 Å². The molecule has 3 rings (SSSR count). The summed E-state index contributed by atoms with van der Waals surface area (Å²) in [4.78, 5) is 2.73. The first-order valence-electron chi connectivity index (χ1n) is 7.88. The molecule has 2 atom stereocenters. The summed E-state index contributed by atoms with van der Waals surface area (Å²) in [6.45, 7) is 5.78. The standard InChI is InChI=1S/C17H26N2/c1-14-6-2-4-8-16(14)18-11-13-19-12-10-15-7-3-5-9-17(15)19/h2,4,6,8,15,17-18H,3,5,7,9-13H2,1H3. The van der Waals surface area contributed by atoms with Crippen molar-refractivity contribution >= 4 is 5.69 Å². The van der Waals surface area contributed by atoms with Gasteiger partial charge in [0.15, 0.2) is 0 Å². The summed E-state index contributed by atoms with van der Waals surface area (Å²) in [7, 11) is 0. The van der Waals surface area contributed by atoms with Crippen LogP contribution in [0.1, 0.15) is 37.7 Å². The van der Waals surface area contributed by atoms with Crippen molar-refractivity contribution in [2.75, 3.05) is 25.0 Å². The molecule has 1 saturated carbocycles. The molecule has 1 aromatic carbocycles. The van der Waals surface area contributed by atoms with Crippen molar-refractivity contribution in [3.8, 4) is 0 Å². The molecule has 1 heterocycles. The molecular weight excluding hydrogens is 232 g/mol. The van der Waals surface area contributed by atoms with E-state index < -0.39 is 0 Å². The molecular formula is C17H26N2. The molecule has 19 heavy (non-hydrogen) atoms. The predicted octanol–water partition coefficient (Wildman–Crippen LogP) is 3.67. The zero-order valence-electron chi connectivity index (χ0n) is 12.1. The molecule has 2 heteroatoms. The Morgan fingerprint density at radius 1 is 1.16 bits per heavy atom. The van der Waals surface area contributed by atoms with Gasteiger partial charge in [0.1, 0.15) is 0 Å². The van der Waals surface area contributed by atoms with E-state index in [2.05, 4.69) is 41.4 Å². The third kappa shape index (κ3) is 2.94. The molecule has 2 nitrogen and oxygen atoms in total. The molecule has 0 aromatic heterocycles. The van der Waals surface area contributed by atoms with E-state index in [4.69, 9.17) is 0 Å². The Hall–Kier alpha value is -1.02. The second kappa shape index (κ2) is 5.96. The zero-order valence-corrected chi connectivity index (χ0v) is 12.1. The summed E-state index contributed by atoms with van der Waals surface area (Å²) >= 11 is 0. The summed E-state index contributed by atoms with van der Waals surface area (Å²) in [5, 5.41) is 3.59. The van der Waals surface area contributed by atoms with E-state index >= 15 is 0 Å². The lowest BCUT2D eigenvalue weighted by Crippen LogP contribution is -2.37. The first kappa shape index (κ1) is 13.0. The van der Waals surface area contributed by atoms with Crippen LogP contribution >= 0.6 is 0 Å². The Balaban J connectivity index is 1.49. The van der Waals surface area contributed by atoms with Gasteiger partial charge in [-0.05, 0) is 50.3 Å². The van der Waals surface area contributed by atoms with Gasteiger partial charge in [-0.25, -0.2) is 0 Å². The molecule has 0 spiro atoms. The number of rotatable bonds is 4. The minimum absolute atomic E-state index is 0.896. The van der Waals surface area contributed by atoms with Gasteiger partial charge in [-0.15, -0.1) is 0 Å². The third-order valence-corrected chi connectivity index (χ3v) is 4.98. The highest BCUT2D eigenvalue weighted by Gasteiger charge is 2.34. The normalized spacial score (nSPS) is 27.2. The highest BCUT2D eigenvalue weighted by atomic mass is 15.2. The van der Waals surface area contributed by atoms with Gasteiger partial charge in [0.25, 0.3) is 0 Å². The smallest absolute Gasteiger partial charge is 0.0370 e. The molecule has 104 valence electrons. The fraction of sp³-hybridized carbons (Fsp3) is 0.647. The first-order valence-corrected chi connectivity index (χ1v) is 7.88. The summed E-state index contributed by atoms with van der Waals surface area (Å²) in [5.41, 5.74) is 2.64. The lowest BCUT2D eigenvalue weighted by molar-refractivity contribution is 0.188. The second-order valence-corrected chi connectivity index (χ2v) is 6.18. The van der Waals surface area contributed by atoms with Crippen LogP contribution in [0.5, 0.6) is 0 Å². The Morgan fingerprint density at radius 3 is 2.89 bits per heavy atom. The summed E-state index contributed by atoms with van der Waals surface area (Å²) in [5.74, 6) is 1.01. The Bertz CT molecular complexity index is 415. The van der Waals surface area contributed by atoms with E-state index in [1.54, 1.807) is 0 Å². The lowest BCUT2D eigenvalue weighted by Gasteiger charge is -2.31. The molecule has 2 unspecified atom stereocenters. The van der Waals surface area contributed by atoms with E-state index in [0.29, 0.717) is 0 Å². The van der Waals surface area contributed by atoms with Crippen LogP contribution in [0.2, 0.25) is 0 Å². The van der Waals surface area contributed by atoms with Gasteiger partial charge in [-0.1, -0.05) is 31.0 Å². The average molecular weight is 258 g/mol. The number of benzene rings is 1. The maximum absolute atomic E-state index is 3.59. The SMILES string of the molecule is Cc1ccccc1NCCN1CCC2CCCCC21. The van der Waals surface area contributed by atoms with Crippen LogP contribution in [0.25, 0.3) is 0 Å². The number of para-hydroxylation sites is 1. The van der Waals surface area contributed by atoms with Gasteiger partial charge in [0.05, 0.1) is 0 Å². The van der Waals surface area contributed by atoms with Crippen molar-refractivity contribution in [2.24, 2.45) is 5.92 Å². The maximum Gasteiger partial charge on any atom is 0.0370 e. The van der Waals surface area contributed by atoms with Crippen LogP contribution in [0.3, 0.4) is 0 Å². The quantitative estimate of drug-likeness (QED) is 0.886. The number of nitrogens with zero attached hydrogens (tertiary/aromatic N) is 1.